The first-order valence-electron chi connectivity index (χ1n) is 4.72. The van der Waals surface area contributed by atoms with Crippen molar-refractivity contribution < 1.29 is 14.3 Å². The number of aromatic nitrogens is 1. The molecule has 0 spiro atoms. The number of carbonyl (C=O) groups excluding carboxylic acids is 1. The van der Waals surface area contributed by atoms with Gasteiger partial charge in [0.15, 0.2) is 5.78 Å². The van der Waals surface area contributed by atoms with Crippen LogP contribution in [0.25, 0.3) is 0 Å². The summed E-state index contributed by atoms with van der Waals surface area (Å²) in [6.45, 7) is 1.26. The molecule has 0 aromatic carbocycles. The van der Waals surface area contributed by atoms with Crippen molar-refractivity contribution in [1.29, 1.82) is 0 Å². The Bertz CT molecular complexity index is 361. The molecule has 0 amide bonds. The van der Waals surface area contributed by atoms with E-state index in [4.69, 9.17) is 15.2 Å². The molecule has 1 aromatic heterocycles. The fraction of sp³-hybridized carbons (Fsp3) is 0.400. The van der Waals surface area contributed by atoms with Crippen molar-refractivity contribution in [2.75, 3.05) is 25.6 Å². The van der Waals surface area contributed by atoms with E-state index in [0.717, 1.165) is 0 Å². The minimum atomic E-state index is -0.551. The summed E-state index contributed by atoms with van der Waals surface area (Å²) in [5.41, 5.74) is 6.49. The van der Waals surface area contributed by atoms with Crippen LogP contribution in [0.1, 0.15) is 10.4 Å². The number of Topliss-reactive ketones (excluding diaryl/α,β-unsaturated/α-hetero) is 1. The highest BCUT2D eigenvalue weighted by atomic mass is 16.6. The summed E-state index contributed by atoms with van der Waals surface area (Å²) in [6.07, 6.45) is 2.45. The fourth-order valence-electron chi connectivity index (χ4n) is 1.42. The van der Waals surface area contributed by atoms with E-state index >= 15 is 0 Å². The quantitative estimate of drug-likeness (QED) is 0.706. The van der Waals surface area contributed by atoms with Gasteiger partial charge in [-0.25, -0.2) is 0 Å². The number of hydrogen-bond donors (Lipinski definition) is 1. The zero-order valence-electron chi connectivity index (χ0n) is 8.18. The maximum atomic E-state index is 11.9. The van der Waals surface area contributed by atoms with E-state index in [1.54, 1.807) is 12.3 Å². The number of ketones is 1. The third kappa shape index (κ3) is 2.14. The molecule has 80 valence electrons. The predicted octanol–water partition coefficient (Wildman–Crippen LogP) is 0.262. The van der Waals surface area contributed by atoms with E-state index in [1.807, 2.05) is 0 Å². The van der Waals surface area contributed by atoms with Crippen LogP contribution in [0, 0.1) is 0 Å². The summed E-state index contributed by atoms with van der Waals surface area (Å²) in [6, 6.07) is 1.59. The van der Waals surface area contributed by atoms with Crippen LogP contribution in [-0.4, -0.2) is 36.7 Å². The van der Waals surface area contributed by atoms with Gasteiger partial charge in [0.2, 0.25) is 0 Å². The smallest absolute Gasteiger partial charge is 0.197 e. The first-order valence-corrected chi connectivity index (χ1v) is 4.72. The lowest BCUT2D eigenvalue weighted by molar-refractivity contribution is -0.0718. The topological polar surface area (TPSA) is 74.4 Å². The highest BCUT2D eigenvalue weighted by molar-refractivity contribution is 6.03. The van der Waals surface area contributed by atoms with Gasteiger partial charge < -0.3 is 15.2 Å². The van der Waals surface area contributed by atoms with Crippen molar-refractivity contribution in [3.05, 3.63) is 24.0 Å². The Morgan fingerprint density at radius 1 is 1.53 bits per heavy atom. The second-order valence-corrected chi connectivity index (χ2v) is 3.26. The van der Waals surface area contributed by atoms with Crippen molar-refractivity contribution in [3.63, 3.8) is 0 Å². The van der Waals surface area contributed by atoms with Crippen molar-refractivity contribution >= 4 is 11.5 Å². The van der Waals surface area contributed by atoms with Crippen LogP contribution in [-0.2, 0) is 9.47 Å². The molecule has 5 heteroatoms. The second-order valence-electron chi connectivity index (χ2n) is 3.26. The van der Waals surface area contributed by atoms with Gasteiger partial charge in [-0.05, 0) is 6.07 Å². The Morgan fingerprint density at radius 3 is 3.07 bits per heavy atom. The number of nitrogen functional groups attached to an aromatic ring is 1. The van der Waals surface area contributed by atoms with Crippen molar-refractivity contribution in [1.82, 2.24) is 4.98 Å². The van der Waals surface area contributed by atoms with Gasteiger partial charge in [-0.3, -0.25) is 9.78 Å². The van der Waals surface area contributed by atoms with Gasteiger partial charge in [0.05, 0.1) is 25.4 Å². The Kier molecular flexibility index (Phi) is 2.94. The Labute approximate surface area is 87.2 Å². The molecule has 1 aromatic rings. The molecule has 1 atom stereocenters. The number of carbonyl (C=O) groups is 1. The Balaban J connectivity index is 2.16. The first-order chi connectivity index (χ1) is 7.29. The summed E-state index contributed by atoms with van der Waals surface area (Å²) in [7, 11) is 0. The van der Waals surface area contributed by atoms with Gasteiger partial charge in [-0.15, -0.1) is 0 Å². The van der Waals surface area contributed by atoms with Gasteiger partial charge in [-0.2, -0.15) is 0 Å². The average molecular weight is 208 g/mol. The zero-order valence-corrected chi connectivity index (χ0v) is 8.18. The minimum Gasteiger partial charge on any atom is -0.398 e. The van der Waals surface area contributed by atoms with Crippen LogP contribution in [0.4, 0.5) is 5.69 Å². The Morgan fingerprint density at radius 2 is 2.40 bits per heavy atom. The van der Waals surface area contributed by atoms with Crippen LogP contribution in [0.2, 0.25) is 0 Å². The molecule has 1 aliphatic rings. The minimum absolute atomic E-state index is 0.166. The third-order valence-corrected chi connectivity index (χ3v) is 2.23. The molecule has 0 radical (unpaired) electrons. The van der Waals surface area contributed by atoms with Crippen molar-refractivity contribution in [2.45, 2.75) is 6.10 Å². The molecule has 0 bridgehead atoms. The molecule has 15 heavy (non-hydrogen) atoms. The SMILES string of the molecule is Nc1ccncc1C(=O)C1COCCO1. The maximum absolute atomic E-state index is 11.9. The molecule has 5 nitrogen and oxygen atoms in total. The fourth-order valence-corrected chi connectivity index (χ4v) is 1.42. The predicted molar refractivity (Wildman–Crippen MR) is 53.5 cm³/mol. The number of anilines is 1. The van der Waals surface area contributed by atoms with Gasteiger partial charge in [0.25, 0.3) is 0 Å². The molecular weight excluding hydrogens is 196 g/mol. The molecule has 1 fully saturated rings. The van der Waals surface area contributed by atoms with E-state index in [2.05, 4.69) is 4.98 Å². The summed E-state index contributed by atoms with van der Waals surface area (Å²) in [4.78, 5) is 15.8. The summed E-state index contributed by atoms with van der Waals surface area (Å²) in [5.74, 6) is -0.166. The van der Waals surface area contributed by atoms with Gasteiger partial charge in [-0.1, -0.05) is 0 Å². The monoisotopic (exact) mass is 208 g/mol. The van der Waals surface area contributed by atoms with Crippen LogP contribution in [0.15, 0.2) is 18.5 Å². The lowest BCUT2D eigenvalue weighted by Gasteiger charge is -2.21. The highest BCUT2D eigenvalue weighted by Crippen LogP contribution is 2.14. The lowest BCUT2D eigenvalue weighted by atomic mass is 10.1. The Hall–Kier alpha value is -1.46. The molecule has 1 aliphatic heterocycles. The van der Waals surface area contributed by atoms with Crippen LogP contribution in [0.3, 0.4) is 0 Å². The average Bonchev–Trinajstić information content (AvgIpc) is 2.30. The zero-order chi connectivity index (χ0) is 10.7. The molecule has 1 saturated heterocycles. The van der Waals surface area contributed by atoms with E-state index in [1.165, 1.54) is 6.20 Å². The first kappa shape index (κ1) is 10.1. The number of nitrogens with zero attached hydrogens (tertiary/aromatic N) is 1. The highest BCUT2D eigenvalue weighted by Gasteiger charge is 2.25. The van der Waals surface area contributed by atoms with Gasteiger partial charge in [0.1, 0.15) is 6.10 Å². The number of hydrogen-bond acceptors (Lipinski definition) is 5. The molecule has 0 saturated carbocycles. The third-order valence-electron chi connectivity index (χ3n) is 2.23. The molecule has 2 rings (SSSR count). The largest absolute Gasteiger partial charge is 0.398 e. The van der Waals surface area contributed by atoms with E-state index in [0.29, 0.717) is 24.5 Å². The van der Waals surface area contributed by atoms with E-state index in [9.17, 15) is 4.79 Å². The standard InChI is InChI=1S/C10H12N2O3/c11-8-1-2-12-5-7(8)10(13)9-6-14-3-4-15-9/h1-2,5,9H,3-4,6H2,(H2,11,12). The van der Waals surface area contributed by atoms with Gasteiger partial charge >= 0.3 is 0 Å². The molecular formula is C10H12N2O3. The van der Waals surface area contributed by atoms with Gasteiger partial charge in [0, 0.05) is 18.1 Å². The van der Waals surface area contributed by atoms with Crippen LogP contribution >= 0.6 is 0 Å². The number of pyridine rings is 1. The summed E-state index contributed by atoms with van der Waals surface area (Å²) < 4.78 is 10.4. The van der Waals surface area contributed by atoms with E-state index < -0.39 is 6.10 Å². The summed E-state index contributed by atoms with van der Waals surface area (Å²) in [5, 5.41) is 0. The molecule has 0 aliphatic carbocycles. The molecule has 2 N–H and O–H groups in total. The normalized spacial score (nSPS) is 21.2. The number of ether oxygens (including phenoxy) is 2. The molecule has 1 unspecified atom stereocenters. The second kappa shape index (κ2) is 4.37. The van der Waals surface area contributed by atoms with Crippen molar-refractivity contribution in [2.24, 2.45) is 0 Å². The molecule has 2 heterocycles. The maximum Gasteiger partial charge on any atom is 0.197 e. The van der Waals surface area contributed by atoms with Crippen molar-refractivity contribution in [3.8, 4) is 0 Å². The lowest BCUT2D eigenvalue weighted by Crippen LogP contribution is -2.35. The van der Waals surface area contributed by atoms with Crippen LogP contribution < -0.4 is 5.73 Å². The van der Waals surface area contributed by atoms with E-state index in [-0.39, 0.29) is 12.4 Å². The number of nitrogens with two attached hydrogens (primary N) is 1. The van der Waals surface area contributed by atoms with Crippen LogP contribution in [0.5, 0.6) is 0 Å². The number of rotatable bonds is 2. The summed E-state index contributed by atoms with van der Waals surface area (Å²) >= 11 is 0.